The van der Waals surface area contributed by atoms with E-state index < -0.39 is 8.60 Å². The lowest BCUT2D eigenvalue weighted by Gasteiger charge is -2.13. The number of carbonyl (C=O) groups is 3. The first kappa shape index (κ1) is 103. The van der Waals surface area contributed by atoms with E-state index in [2.05, 4.69) is 295 Å². The van der Waals surface area contributed by atoms with Crippen molar-refractivity contribution in [1.82, 2.24) is 38.0 Å². The number of halogens is 4. The van der Waals surface area contributed by atoms with Crippen molar-refractivity contribution in [1.29, 1.82) is 0 Å². The lowest BCUT2D eigenvalue weighted by molar-refractivity contribution is 0.100. The molecule has 0 fully saturated rings. The number of hydrogen-bond acceptors (Lipinski definition) is 18. The number of fused-ring (bicyclic) bond motifs is 3. The second-order valence-electron chi connectivity index (χ2n) is 28.3. The molecule has 642 valence electrons. The minimum atomic E-state index is -1.58. The number of nitrogens with zero attached hydrogens (tertiary/aromatic N) is 14. The number of nitrogens with two attached hydrogens (primary N) is 1. The van der Waals surface area contributed by atoms with Crippen molar-refractivity contribution < 1.29 is 28.3 Å². The Hall–Kier alpha value is -9.41. The van der Waals surface area contributed by atoms with Crippen LogP contribution >= 0.6 is 79.0 Å². The Kier molecular flexibility index (Phi) is 45.8. The number of aromatic nitrogens is 7. The number of pyridine rings is 4. The fourth-order valence-electron chi connectivity index (χ4n) is 10.9. The van der Waals surface area contributed by atoms with E-state index in [0.29, 0.717) is 29.9 Å². The molecule has 0 aliphatic carbocycles. The lowest BCUT2D eigenvalue weighted by Crippen LogP contribution is -2.21. The zero-order chi connectivity index (χ0) is 88.0. The maximum absolute atomic E-state index is 11.5. The first-order chi connectivity index (χ1) is 56.6. The number of hydrogen-bond donors (Lipinski definition) is 2. The predicted octanol–water partition coefficient (Wildman–Crippen LogP) is 22.0. The third kappa shape index (κ3) is 35.0. The van der Waals surface area contributed by atoms with Crippen LogP contribution in [0.3, 0.4) is 0 Å². The van der Waals surface area contributed by atoms with Crippen LogP contribution in [-0.4, -0.2) is 187 Å². The number of rotatable bonds is 21. The lowest BCUT2D eigenvalue weighted by atomic mass is 10.1. The van der Waals surface area contributed by atoms with E-state index in [1.807, 2.05) is 217 Å². The number of anilines is 7. The van der Waals surface area contributed by atoms with Crippen LogP contribution in [-0.2, 0) is 9.05 Å². The predicted molar refractivity (Wildman–Crippen MR) is 529 cm³/mol. The van der Waals surface area contributed by atoms with Crippen molar-refractivity contribution >= 4 is 153 Å². The Balaban J connectivity index is 0.000000289. The summed E-state index contributed by atoms with van der Waals surface area (Å²) in [6.45, 7) is 22.5. The molecule has 0 saturated heterocycles. The third-order valence-corrected chi connectivity index (χ3v) is 20.8. The Morgan fingerprint density at radius 1 is 0.433 bits per heavy atom. The van der Waals surface area contributed by atoms with Gasteiger partial charge in [-0.3, -0.25) is 14.4 Å². The van der Waals surface area contributed by atoms with E-state index in [0.717, 1.165) is 84.5 Å². The van der Waals surface area contributed by atoms with Gasteiger partial charge in [0.05, 0.1) is 35.6 Å². The molecule has 13 aromatic rings. The Bertz CT molecular complexity index is 4810. The number of nitrogen functional groups attached to an aromatic ring is 1. The second-order valence-corrected chi connectivity index (χ2v) is 34.2. The normalized spacial score (nSPS) is 10.3. The van der Waals surface area contributed by atoms with E-state index in [1.165, 1.54) is 51.4 Å². The zero-order valence-electron chi connectivity index (χ0n) is 72.6. The van der Waals surface area contributed by atoms with Crippen molar-refractivity contribution in [3.63, 3.8) is 0 Å². The minimum Gasteiger partial charge on any atom is -0.384 e. The minimum absolute atomic E-state index is 0. The molecule has 26 heteroatoms. The molecular weight excluding hydrogens is 1830 g/mol. The Morgan fingerprint density at radius 3 is 1.00 bits per heavy atom. The van der Waals surface area contributed by atoms with Gasteiger partial charge in [-0.25, -0.2) is 19.9 Å². The summed E-state index contributed by atoms with van der Waals surface area (Å²) in [5, 5.41) is 0.383. The number of alkyl halides is 3. The Morgan fingerprint density at radius 2 is 0.733 bits per heavy atom. The molecule has 0 radical (unpaired) electrons. The summed E-state index contributed by atoms with van der Waals surface area (Å²) in [7, 11) is 22.5. The topological polar surface area (TPSA) is 203 Å². The standard InChI is InChI=1S/2C16H17N3.C15H14IN3.C10H11Br2NO.C10H12BrNO.C10H13NO.C6H8N2.C6H15N.C4H11O3P.CH4/c2*1-12-4-9-16-17-15(11-19(16)10-12)13-5-7-14(8-6-13)18(2)3;1-18(2)13-6-3-11(4-7-13)14-10-19-9-12(16)5-8-15(19)17-14;1-13(2)8-5-3-7(4-6-8)9(14)10(11)12;1-12(2)9-5-3-8(4-6-9)10(13)7-11;1-8(12)9-4-6-10(7-5-9)11(2)3;1-5-2-3-6(7)8-4-5;1-4-7(5-2)6-3;1-3-6-8(5)7-4-2;/h2*4-11H,1-3H3;3-10H,1-2H3;3-6,10H,1-2H3;3-6H,7H2,1-2H3;4-7H,1-3H3;2-4H,1H3,(H2,7,8);4-6H2,1-3H3;5H,3-4H2,1-2H3;1H4/i;;16-2;;;;;;;. The molecule has 3 N–H and O–H groups in total. The fourth-order valence-corrected chi connectivity index (χ4v) is 12.7. The van der Waals surface area contributed by atoms with Gasteiger partial charge in [-0.05, 0) is 240 Å². The van der Waals surface area contributed by atoms with E-state index in [-0.39, 0.29) is 28.5 Å². The van der Waals surface area contributed by atoms with Crippen LogP contribution in [0.4, 0.5) is 39.9 Å². The smallest absolute Gasteiger partial charge is 0.329 e. The van der Waals surface area contributed by atoms with Gasteiger partial charge in [0.2, 0.25) is 0 Å². The molecule has 6 aromatic carbocycles. The van der Waals surface area contributed by atoms with Crippen molar-refractivity contribution in [3.05, 3.63) is 274 Å². The van der Waals surface area contributed by atoms with Crippen molar-refractivity contribution in [3.8, 4) is 33.8 Å². The zero-order valence-corrected chi connectivity index (χ0v) is 80.4. The van der Waals surface area contributed by atoms with Crippen LogP contribution in [0.1, 0.15) is 96.7 Å². The van der Waals surface area contributed by atoms with E-state index in [9.17, 15) is 14.4 Å². The SMILES string of the molecule is C.CC(=O)c1ccc(N(C)C)cc1.CCN(CC)CC.CCOP(O)OCC.CN(C)c1ccc(-c2cn3cc([125I])ccc3n2)cc1.CN(C)c1ccc(C(=O)C(Br)Br)cc1.CN(C)c1ccc(C(=O)CBr)cc1.Cc1ccc(N)nc1.Cc1ccc2nc(-c3ccc(N(C)C)cc3)cn2c1.Cc1ccc2nc(-c3ccc(N(C)C)cc3)cn2c1. The summed E-state index contributed by atoms with van der Waals surface area (Å²) >= 11 is 11.8. The highest BCUT2D eigenvalue weighted by Crippen LogP contribution is 2.32. The molecule has 7 heterocycles. The van der Waals surface area contributed by atoms with Gasteiger partial charge in [0.1, 0.15) is 26.5 Å². The molecule has 0 spiro atoms. The van der Waals surface area contributed by atoms with Crippen LogP contribution in [0.25, 0.3) is 50.7 Å². The highest BCUT2D eigenvalue weighted by atomic mass is 125. The van der Waals surface area contributed by atoms with Gasteiger partial charge in [-0.2, -0.15) is 0 Å². The first-order valence-corrected chi connectivity index (χ1v) is 44.1. The number of aryl methyl sites for hydroxylation is 3. The van der Waals surface area contributed by atoms with E-state index in [4.69, 9.17) is 10.6 Å². The molecule has 21 nitrogen and oxygen atoms in total. The maximum Gasteiger partial charge on any atom is 0.329 e. The average molecular weight is 1950 g/mol. The molecule has 120 heavy (non-hydrogen) atoms. The fraction of sp³-hybridized carbons (Fsp3) is 0.309. The molecule has 7 aromatic heterocycles. The van der Waals surface area contributed by atoms with Gasteiger partial charge < -0.3 is 67.2 Å². The molecule has 0 aliphatic heterocycles. The van der Waals surface area contributed by atoms with Gasteiger partial charge in [0, 0.05) is 199 Å². The quantitative estimate of drug-likeness (QED) is 0.0297. The number of ketones is 3. The highest BCUT2D eigenvalue weighted by Gasteiger charge is 2.14. The summed E-state index contributed by atoms with van der Waals surface area (Å²) < 4.78 is 16.5. The van der Waals surface area contributed by atoms with Crippen molar-refractivity contribution in [2.75, 3.05) is 158 Å². The summed E-state index contributed by atoms with van der Waals surface area (Å²) in [5.41, 5.74) is 27.4. The molecular formula is C94H122Br3IN15O6P. The van der Waals surface area contributed by atoms with Crippen LogP contribution in [0.15, 0.2) is 238 Å². The number of imidazole rings is 3. The number of Topliss-reactive ketones (excluding diaryl/α,β-unsaturated/α-hetero) is 3. The molecule has 0 amide bonds. The summed E-state index contributed by atoms with van der Waals surface area (Å²) in [6, 6.07) is 64.1. The van der Waals surface area contributed by atoms with Crippen molar-refractivity contribution in [2.24, 2.45) is 0 Å². The molecule has 0 atom stereocenters. The van der Waals surface area contributed by atoms with Crippen LogP contribution in [0.2, 0.25) is 0 Å². The van der Waals surface area contributed by atoms with Crippen molar-refractivity contribution in [2.45, 2.75) is 73.5 Å². The number of benzene rings is 6. The van der Waals surface area contributed by atoms with E-state index in [1.54, 1.807) is 19.2 Å². The maximum atomic E-state index is 11.5. The van der Waals surface area contributed by atoms with Gasteiger partial charge in [0.15, 0.2) is 17.3 Å². The van der Waals surface area contributed by atoms with Crippen LogP contribution in [0.5, 0.6) is 0 Å². The molecule has 0 unspecified atom stereocenters. The van der Waals surface area contributed by atoms with Gasteiger partial charge in [0.25, 0.3) is 0 Å². The van der Waals surface area contributed by atoms with E-state index >= 15 is 0 Å². The third-order valence-electron chi connectivity index (χ3n) is 17.9. The van der Waals surface area contributed by atoms with Gasteiger partial charge in [-0.15, -0.1) is 0 Å². The summed E-state index contributed by atoms with van der Waals surface area (Å²) in [6.07, 6.45) is 14.2. The van der Waals surface area contributed by atoms with Crippen LogP contribution < -0.4 is 35.1 Å². The Labute approximate surface area is 753 Å². The largest absolute Gasteiger partial charge is 0.384 e. The van der Waals surface area contributed by atoms with Gasteiger partial charge in [-0.1, -0.05) is 131 Å². The second kappa shape index (κ2) is 53.4. The average Bonchev–Trinajstić information content (AvgIpc) is 1.68. The molecule has 0 saturated carbocycles. The molecule has 0 aliphatic rings. The van der Waals surface area contributed by atoms with Crippen LogP contribution in [0, 0.1) is 24.3 Å². The number of carbonyl (C=O) groups excluding carboxylic acids is 3. The highest BCUT2D eigenvalue weighted by molar-refractivity contribution is 14.1. The summed E-state index contributed by atoms with van der Waals surface area (Å²) in [4.78, 5) is 74.8. The summed E-state index contributed by atoms with van der Waals surface area (Å²) in [5.74, 6) is 0.844. The molecule has 13 rings (SSSR count). The van der Waals surface area contributed by atoms with Gasteiger partial charge >= 0.3 is 8.60 Å². The first-order valence-electron chi connectivity index (χ1n) is 38.9. The monoisotopic (exact) mass is 1950 g/mol. The molecule has 0 bridgehead atoms.